The Balaban J connectivity index is 1.84. The molecule has 0 aromatic heterocycles. The molecule has 3 rings (SSSR count). The first kappa shape index (κ1) is 16.8. The minimum atomic E-state index is -0.531. The molecular formula is C18H10Cl3NO2. The van der Waals surface area contributed by atoms with Gasteiger partial charge in [0.2, 0.25) is 5.90 Å². The zero-order valence-electron chi connectivity index (χ0n) is 12.2. The summed E-state index contributed by atoms with van der Waals surface area (Å²) >= 11 is 18.0. The van der Waals surface area contributed by atoms with Crippen LogP contribution in [0.15, 0.2) is 59.2 Å². The summed E-state index contributed by atoms with van der Waals surface area (Å²) in [5.41, 5.74) is 1.62. The van der Waals surface area contributed by atoms with E-state index in [2.05, 4.69) is 4.99 Å². The summed E-state index contributed by atoms with van der Waals surface area (Å²) in [6.45, 7) is 0. The van der Waals surface area contributed by atoms with Gasteiger partial charge in [-0.2, -0.15) is 0 Å². The van der Waals surface area contributed by atoms with Gasteiger partial charge in [-0.3, -0.25) is 0 Å². The minimum absolute atomic E-state index is 0.185. The van der Waals surface area contributed by atoms with Crippen molar-refractivity contribution in [3.05, 3.63) is 80.4 Å². The smallest absolute Gasteiger partial charge is 0.363 e. The summed E-state index contributed by atoms with van der Waals surface area (Å²) < 4.78 is 5.12. The highest BCUT2D eigenvalue weighted by Crippen LogP contribution is 2.24. The van der Waals surface area contributed by atoms with Gasteiger partial charge in [0, 0.05) is 21.1 Å². The number of hydrogen-bond donors (Lipinski definition) is 0. The SMILES string of the molecule is O=C1OC(/C=C/c2ccc(Cl)cc2Cl)=NC/1=C\c1ccccc1Cl. The van der Waals surface area contributed by atoms with Gasteiger partial charge in [0.15, 0.2) is 5.70 Å². The molecular weight excluding hydrogens is 369 g/mol. The summed E-state index contributed by atoms with van der Waals surface area (Å²) in [6.07, 6.45) is 4.85. The van der Waals surface area contributed by atoms with Crippen molar-refractivity contribution in [1.82, 2.24) is 0 Å². The van der Waals surface area contributed by atoms with E-state index in [9.17, 15) is 4.79 Å². The predicted octanol–water partition coefficient (Wildman–Crippen LogP) is 5.66. The van der Waals surface area contributed by atoms with Crippen LogP contribution in [0.5, 0.6) is 0 Å². The maximum Gasteiger partial charge on any atom is 0.363 e. The summed E-state index contributed by atoms with van der Waals surface area (Å²) in [5, 5.41) is 1.58. The third kappa shape index (κ3) is 3.88. The van der Waals surface area contributed by atoms with Crippen molar-refractivity contribution in [2.24, 2.45) is 4.99 Å². The second-order valence-electron chi connectivity index (χ2n) is 4.89. The molecule has 0 amide bonds. The van der Waals surface area contributed by atoms with E-state index in [-0.39, 0.29) is 11.6 Å². The van der Waals surface area contributed by atoms with Gasteiger partial charge in [0.1, 0.15) is 0 Å². The highest BCUT2D eigenvalue weighted by molar-refractivity contribution is 6.35. The summed E-state index contributed by atoms with van der Waals surface area (Å²) in [5.74, 6) is -0.346. The van der Waals surface area contributed by atoms with Crippen LogP contribution in [0, 0.1) is 0 Å². The first-order chi connectivity index (χ1) is 11.5. The number of nitrogens with zero attached hydrogens (tertiary/aromatic N) is 1. The number of cyclic esters (lactones) is 1. The number of hydrogen-bond acceptors (Lipinski definition) is 3. The number of aliphatic imine (C=N–C) groups is 1. The Kier molecular flexibility index (Phi) is 5.05. The van der Waals surface area contributed by atoms with Gasteiger partial charge in [-0.25, -0.2) is 9.79 Å². The lowest BCUT2D eigenvalue weighted by Gasteiger charge is -1.98. The Hall–Kier alpha value is -2.07. The van der Waals surface area contributed by atoms with Crippen LogP contribution in [-0.4, -0.2) is 11.9 Å². The predicted molar refractivity (Wildman–Crippen MR) is 98.5 cm³/mol. The standard InChI is InChI=1S/C18H10Cl3NO2/c19-13-7-5-11(15(21)10-13)6-8-17-22-16(18(23)24-17)9-12-3-1-2-4-14(12)20/h1-10H/b8-6+,16-9-. The van der Waals surface area contributed by atoms with Crippen LogP contribution in [0.1, 0.15) is 11.1 Å². The highest BCUT2D eigenvalue weighted by Gasteiger charge is 2.21. The van der Waals surface area contributed by atoms with E-state index < -0.39 is 5.97 Å². The van der Waals surface area contributed by atoms with Gasteiger partial charge < -0.3 is 4.74 Å². The van der Waals surface area contributed by atoms with E-state index in [1.165, 1.54) is 0 Å². The van der Waals surface area contributed by atoms with E-state index in [1.807, 2.05) is 12.1 Å². The van der Waals surface area contributed by atoms with E-state index >= 15 is 0 Å². The van der Waals surface area contributed by atoms with Crippen LogP contribution in [0.3, 0.4) is 0 Å². The Bertz CT molecular complexity index is 901. The third-order valence-corrected chi connectivity index (χ3v) is 4.11. The van der Waals surface area contributed by atoms with E-state index in [0.29, 0.717) is 20.6 Å². The second-order valence-corrected chi connectivity index (χ2v) is 6.14. The molecule has 2 aromatic carbocycles. The molecule has 0 radical (unpaired) electrons. The van der Waals surface area contributed by atoms with E-state index in [4.69, 9.17) is 39.5 Å². The lowest BCUT2D eigenvalue weighted by atomic mass is 10.2. The highest BCUT2D eigenvalue weighted by atomic mass is 35.5. The van der Waals surface area contributed by atoms with Gasteiger partial charge >= 0.3 is 5.97 Å². The van der Waals surface area contributed by atoms with Crippen LogP contribution in [0.25, 0.3) is 12.2 Å². The molecule has 0 N–H and O–H groups in total. The lowest BCUT2D eigenvalue weighted by Crippen LogP contribution is -2.01. The zero-order chi connectivity index (χ0) is 17.1. The lowest BCUT2D eigenvalue weighted by molar-refractivity contribution is -0.129. The largest absolute Gasteiger partial charge is 0.403 e. The molecule has 0 saturated heterocycles. The van der Waals surface area contributed by atoms with Crippen molar-refractivity contribution in [2.75, 3.05) is 0 Å². The van der Waals surface area contributed by atoms with Crippen LogP contribution >= 0.6 is 34.8 Å². The molecule has 0 unspecified atom stereocenters. The fraction of sp³-hybridized carbons (Fsp3) is 0. The Morgan fingerprint density at radius 1 is 0.917 bits per heavy atom. The average Bonchev–Trinajstić information content (AvgIpc) is 2.89. The molecule has 2 aromatic rings. The van der Waals surface area contributed by atoms with Crippen molar-refractivity contribution in [3.8, 4) is 0 Å². The van der Waals surface area contributed by atoms with Gasteiger partial charge in [-0.05, 0) is 41.5 Å². The first-order valence-corrected chi connectivity index (χ1v) is 8.06. The number of carbonyl (C=O) groups excluding carboxylic acids is 1. The molecule has 1 aliphatic heterocycles. The summed E-state index contributed by atoms with van der Waals surface area (Å²) in [6, 6.07) is 12.3. The molecule has 1 aliphatic rings. The number of halogens is 3. The Morgan fingerprint density at radius 2 is 1.71 bits per heavy atom. The molecule has 24 heavy (non-hydrogen) atoms. The zero-order valence-corrected chi connectivity index (χ0v) is 14.4. The number of benzene rings is 2. The molecule has 0 aliphatic carbocycles. The Labute approximate surface area is 153 Å². The minimum Gasteiger partial charge on any atom is -0.403 e. The molecule has 0 spiro atoms. The molecule has 120 valence electrons. The van der Waals surface area contributed by atoms with Gasteiger partial charge in [-0.1, -0.05) is 59.1 Å². The fourth-order valence-corrected chi connectivity index (χ4v) is 2.70. The molecule has 0 bridgehead atoms. The second kappa shape index (κ2) is 7.22. The van der Waals surface area contributed by atoms with Crippen molar-refractivity contribution in [1.29, 1.82) is 0 Å². The fourth-order valence-electron chi connectivity index (χ4n) is 2.03. The summed E-state index contributed by atoms with van der Waals surface area (Å²) in [7, 11) is 0. The van der Waals surface area contributed by atoms with Crippen molar-refractivity contribution in [2.45, 2.75) is 0 Å². The number of esters is 1. The van der Waals surface area contributed by atoms with Crippen LogP contribution < -0.4 is 0 Å². The van der Waals surface area contributed by atoms with Crippen molar-refractivity contribution in [3.63, 3.8) is 0 Å². The molecule has 3 nitrogen and oxygen atoms in total. The van der Waals surface area contributed by atoms with Crippen LogP contribution in [0.2, 0.25) is 15.1 Å². The molecule has 6 heteroatoms. The topological polar surface area (TPSA) is 38.7 Å². The van der Waals surface area contributed by atoms with Crippen molar-refractivity contribution >= 4 is 58.8 Å². The molecule has 1 heterocycles. The van der Waals surface area contributed by atoms with Gasteiger partial charge in [0.05, 0.1) is 0 Å². The third-order valence-electron chi connectivity index (χ3n) is 3.20. The maximum absolute atomic E-state index is 11.9. The average molecular weight is 379 g/mol. The number of carbonyl (C=O) groups is 1. The number of ether oxygens (including phenoxy) is 1. The maximum atomic E-state index is 11.9. The first-order valence-electron chi connectivity index (χ1n) is 6.93. The van der Waals surface area contributed by atoms with Crippen molar-refractivity contribution < 1.29 is 9.53 Å². The van der Waals surface area contributed by atoms with Crippen LogP contribution in [-0.2, 0) is 9.53 Å². The molecule has 0 saturated carbocycles. The molecule has 0 atom stereocenters. The van der Waals surface area contributed by atoms with E-state index in [1.54, 1.807) is 48.6 Å². The van der Waals surface area contributed by atoms with Crippen LogP contribution in [0.4, 0.5) is 0 Å². The normalized spacial score (nSPS) is 15.9. The summed E-state index contributed by atoms with van der Waals surface area (Å²) in [4.78, 5) is 16.1. The monoisotopic (exact) mass is 377 g/mol. The Morgan fingerprint density at radius 3 is 2.46 bits per heavy atom. The molecule has 0 fully saturated rings. The quantitative estimate of drug-likeness (QED) is 0.511. The van der Waals surface area contributed by atoms with Gasteiger partial charge in [-0.15, -0.1) is 0 Å². The van der Waals surface area contributed by atoms with E-state index in [0.717, 1.165) is 5.56 Å². The number of rotatable bonds is 3. The van der Waals surface area contributed by atoms with Gasteiger partial charge in [0.25, 0.3) is 0 Å².